The van der Waals surface area contributed by atoms with Gasteiger partial charge in [0.05, 0.1) is 38.9 Å². The third-order valence-corrected chi connectivity index (χ3v) is 18.8. The first-order valence-corrected chi connectivity index (χ1v) is 36.2. The molecule has 3 aromatic heterocycles. The van der Waals surface area contributed by atoms with Gasteiger partial charge in [-0.15, -0.1) is 50.6 Å². The second-order valence-corrected chi connectivity index (χ2v) is 26.9. The standard InChI is InChI=1S/C64H59N17O12S5.O3S/c1-8-80(9-2)43-21-23-50(76-78-60-49(33-65)56(98(91,92)93)55(96-60)32-48(37(6)84)59(87)69-41-18-13-16-39(26-41)57(66)85)52(28-43)71-62-73-63(75-64(74-62)94-34-38-15-12-20-46(25-38)97(88,89)90)72-53-29-44(81(10-3)11-4)22-24-51(53)77-79-61-54(67-7)31-45(95-61)30-47(36(5)83)58(86)70-42-19-14-17-40(27-42)68-35-82;1-4(2)3/h12-32,35H,8-11,34H2,1-6H3,(H2,66,85)(H,68,82)(H,69,87)(H,70,86)(H,88,89,90)(H,91,92,93)(H2,71,72,73,74,75);/b47-30+,48-32-,78-76?,79-77?;. The quantitative estimate of drug-likeness (QED) is 0.00303. The molecule has 0 bridgehead atoms. The molecule has 0 radical (unpaired) electrons. The Hall–Kier alpha value is -11.6. The zero-order chi connectivity index (χ0) is 74.6. The molecule has 8 rings (SSSR count). The van der Waals surface area contributed by atoms with E-state index in [1.54, 1.807) is 60.7 Å². The summed E-state index contributed by atoms with van der Waals surface area (Å²) in [6, 6.07) is 30.8. The van der Waals surface area contributed by atoms with E-state index in [9.17, 15) is 60.0 Å². The highest BCUT2D eigenvalue weighted by Gasteiger charge is 2.29. The molecule has 526 valence electrons. The molecule has 0 atom stereocenters. The predicted molar refractivity (Wildman–Crippen MR) is 385 cm³/mol. The summed E-state index contributed by atoms with van der Waals surface area (Å²) in [7, 11) is -13.0. The molecule has 3 heterocycles. The Kier molecular flexibility index (Phi) is 27.0. The SMILES string of the molecule is O=S(=O)=O.[C-]#[N+]c1cc(/C=C(\C(C)=O)C(=O)Nc2cccc(NC=O)c2)sc1N=Nc1ccc(N(CC)CC)cc1Nc1nc(Nc2cc(N(CC)CC)ccc2N=Nc2sc(/C=C(/C(C)=O)C(=O)Nc3cccc(C(N)=O)c3)c(S(=O)(=O)O)c2C#N)nc(SCc2cccc(S(=O)(=O)O)c2)n1. The van der Waals surface area contributed by atoms with Crippen LogP contribution in [0.4, 0.5) is 78.8 Å². The number of azo groups is 2. The van der Waals surface area contributed by atoms with E-state index in [2.05, 4.69) is 56.8 Å². The molecule has 0 fully saturated rings. The lowest BCUT2D eigenvalue weighted by atomic mass is 10.1. The summed E-state index contributed by atoms with van der Waals surface area (Å²) in [5.41, 5.74) is 7.31. The number of hydrogen-bond donors (Lipinski definition) is 8. The summed E-state index contributed by atoms with van der Waals surface area (Å²) in [4.78, 5) is 96.4. The number of nitrogens with zero attached hydrogens (tertiary/aromatic N) is 11. The van der Waals surface area contributed by atoms with Gasteiger partial charge in [0.1, 0.15) is 32.9 Å². The van der Waals surface area contributed by atoms with Gasteiger partial charge in [0.25, 0.3) is 32.1 Å². The number of nitrogens with one attached hydrogen (secondary N) is 5. The van der Waals surface area contributed by atoms with Crippen LogP contribution in [-0.2, 0) is 60.6 Å². The minimum absolute atomic E-state index is 0.0323. The van der Waals surface area contributed by atoms with E-state index in [1.807, 2.05) is 38.7 Å². The van der Waals surface area contributed by atoms with Crippen LogP contribution in [0, 0.1) is 17.9 Å². The Labute approximate surface area is 597 Å². The zero-order valence-electron chi connectivity index (χ0n) is 54.4. The van der Waals surface area contributed by atoms with E-state index in [0.29, 0.717) is 77.1 Å². The zero-order valence-corrected chi connectivity index (χ0v) is 59.3. The van der Waals surface area contributed by atoms with E-state index in [-0.39, 0.29) is 77.3 Å². The number of carbonyl (C=O) groups excluding carboxylic acids is 6. The van der Waals surface area contributed by atoms with Crippen LogP contribution in [0.3, 0.4) is 0 Å². The molecule has 0 saturated carbocycles. The number of carbonyl (C=O) groups is 6. The molecule has 9 N–H and O–H groups in total. The Morgan fingerprint density at radius 3 is 1.70 bits per heavy atom. The number of nitriles is 1. The maximum Gasteiger partial charge on any atom is 0.425 e. The van der Waals surface area contributed by atoms with Crippen molar-refractivity contribution in [1.82, 2.24) is 15.0 Å². The molecule has 0 aliphatic rings. The summed E-state index contributed by atoms with van der Waals surface area (Å²) in [5, 5.41) is 42.1. The van der Waals surface area contributed by atoms with Crippen molar-refractivity contribution in [2.45, 2.75) is 62.2 Å². The van der Waals surface area contributed by atoms with E-state index < -0.39 is 81.0 Å². The first-order chi connectivity index (χ1) is 48.5. The van der Waals surface area contributed by atoms with Gasteiger partial charge in [0.2, 0.25) is 29.9 Å². The first-order valence-electron chi connectivity index (χ1n) is 29.7. The van der Waals surface area contributed by atoms with E-state index >= 15 is 0 Å². The fourth-order valence-electron chi connectivity index (χ4n) is 9.29. The van der Waals surface area contributed by atoms with Crippen LogP contribution in [0.5, 0.6) is 0 Å². The van der Waals surface area contributed by atoms with Crippen molar-refractivity contribution in [3.05, 3.63) is 164 Å². The minimum atomic E-state index is -5.28. The van der Waals surface area contributed by atoms with Gasteiger partial charge in [-0.1, -0.05) is 36.0 Å². The van der Waals surface area contributed by atoms with Crippen molar-refractivity contribution in [2.24, 2.45) is 26.2 Å². The van der Waals surface area contributed by atoms with Crippen molar-refractivity contribution in [3.8, 4) is 6.07 Å². The van der Waals surface area contributed by atoms with Crippen LogP contribution < -0.4 is 42.1 Å². The van der Waals surface area contributed by atoms with Crippen LogP contribution in [0.25, 0.3) is 17.0 Å². The second kappa shape index (κ2) is 35.4. The lowest BCUT2D eigenvalue weighted by Crippen LogP contribution is -2.21. The molecule has 0 unspecified atom stereocenters. The normalized spacial score (nSPS) is 11.5. The maximum atomic E-state index is 13.6. The topological polar surface area (TPSA) is 471 Å². The smallest absolute Gasteiger partial charge is 0.372 e. The number of primary amides is 1. The van der Waals surface area contributed by atoms with Crippen molar-refractivity contribution in [3.63, 3.8) is 0 Å². The van der Waals surface area contributed by atoms with E-state index in [1.165, 1.54) is 67.6 Å². The molecule has 38 heteroatoms. The highest BCUT2D eigenvalue weighted by molar-refractivity contribution is 7.98. The number of aromatic nitrogens is 3. The number of rotatable bonds is 30. The van der Waals surface area contributed by atoms with Crippen molar-refractivity contribution in [2.75, 3.05) is 62.6 Å². The number of thioether (sulfide) groups is 1. The summed E-state index contributed by atoms with van der Waals surface area (Å²) in [6.07, 6.45) is 2.68. The van der Waals surface area contributed by atoms with Gasteiger partial charge >= 0.3 is 10.6 Å². The van der Waals surface area contributed by atoms with Crippen molar-refractivity contribution >= 4 is 192 Å². The number of Topliss-reactive ketones (excluding diaryl/α,β-unsaturated/α-hetero) is 2. The average molecular weight is 1500 g/mol. The summed E-state index contributed by atoms with van der Waals surface area (Å²) < 4.78 is 96.3. The lowest BCUT2D eigenvalue weighted by Gasteiger charge is -2.22. The van der Waals surface area contributed by atoms with E-state index in [4.69, 9.17) is 39.9 Å². The van der Waals surface area contributed by atoms with Gasteiger partial charge in [-0.25, -0.2) is 4.85 Å². The van der Waals surface area contributed by atoms with Gasteiger partial charge in [-0.2, -0.15) is 42.2 Å². The van der Waals surface area contributed by atoms with Crippen molar-refractivity contribution < 1.29 is 67.3 Å². The van der Waals surface area contributed by atoms with Gasteiger partial charge in [-0.3, -0.25) is 37.9 Å². The molecule has 0 saturated heterocycles. The largest absolute Gasteiger partial charge is 0.425 e. The molecular weight excluding hydrogens is 1440 g/mol. The number of amides is 4. The number of thiophene rings is 2. The fourth-order valence-corrected chi connectivity index (χ4v) is 13.6. The third kappa shape index (κ3) is 21.2. The monoisotopic (exact) mass is 1500 g/mol. The van der Waals surface area contributed by atoms with Crippen LogP contribution in [0.2, 0.25) is 0 Å². The molecule has 4 amide bonds. The van der Waals surface area contributed by atoms with Gasteiger partial charge in [0.15, 0.2) is 21.7 Å². The molecule has 0 aliphatic carbocycles. The van der Waals surface area contributed by atoms with Gasteiger partial charge in [-0.05, 0) is 150 Å². The Morgan fingerprint density at radius 1 is 0.676 bits per heavy atom. The van der Waals surface area contributed by atoms with Crippen LogP contribution in [0.1, 0.15) is 72.8 Å². The number of nitrogens with two attached hydrogens (primary N) is 1. The van der Waals surface area contributed by atoms with Crippen LogP contribution >= 0.6 is 34.4 Å². The molecule has 32 nitrogen and oxygen atoms in total. The van der Waals surface area contributed by atoms with Crippen LogP contribution in [-0.4, -0.2) is 115 Å². The highest BCUT2D eigenvalue weighted by Crippen LogP contribution is 2.44. The van der Waals surface area contributed by atoms with Crippen molar-refractivity contribution in [1.29, 1.82) is 5.26 Å². The first kappa shape index (κ1) is 77.7. The third-order valence-electron chi connectivity index (χ3n) is 14.0. The highest BCUT2D eigenvalue weighted by atomic mass is 32.2. The number of ketones is 2. The number of hydrogen-bond acceptors (Lipinski definition) is 28. The molecule has 0 aliphatic heterocycles. The van der Waals surface area contributed by atoms with Crippen LogP contribution in [0.15, 0.2) is 162 Å². The molecule has 0 spiro atoms. The molecular formula is C64H59N17O15S6. The lowest BCUT2D eigenvalue weighted by molar-refractivity contribution is -0.120. The summed E-state index contributed by atoms with van der Waals surface area (Å²) in [6.45, 7) is 20.3. The Morgan fingerprint density at radius 2 is 1.20 bits per heavy atom. The maximum absolute atomic E-state index is 13.6. The molecule has 102 heavy (non-hydrogen) atoms. The molecule has 8 aromatic rings. The average Bonchev–Trinajstić information content (AvgIpc) is 1.61. The predicted octanol–water partition coefficient (Wildman–Crippen LogP) is 12.1. The summed E-state index contributed by atoms with van der Waals surface area (Å²) in [5.74, 6) is -4.17. The number of anilines is 9. The Bertz CT molecular complexity index is 5170. The molecule has 5 aromatic carbocycles. The van der Waals surface area contributed by atoms with Gasteiger partial charge in [0, 0.05) is 70.8 Å². The Balaban J connectivity index is 0.00000355. The fraction of sp³-hybridized carbons (Fsp3) is 0.172. The minimum Gasteiger partial charge on any atom is -0.372 e. The van der Waals surface area contributed by atoms with E-state index in [0.717, 1.165) is 41.8 Å². The number of benzene rings is 5. The summed E-state index contributed by atoms with van der Waals surface area (Å²) >= 11 is 2.54. The second-order valence-electron chi connectivity index (χ2n) is 20.7. The van der Waals surface area contributed by atoms with Gasteiger partial charge < -0.3 is 42.1 Å².